The van der Waals surface area contributed by atoms with E-state index in [9.17, 15) is 4.79 Å². The molecule has 0 saturated carbocycles. The number of nitrogens with zero attached hydrogens (tertiary/aromatic N) is 5. The van der Waals surface area contributed by atoms with Crippen LogP contribution in [0.1, 0.15) is 33.0 Å². The minimum atomic E-state index is -0.157. The van der Waals surface area contributed by atoms with E-state index >= 15 is 0 Å². The lowest BCUT2D eigenvalue weighted by Gasteiger charge is -2.16. The van der Waals surface area contributed by atoms with Crippen molar-refractivity contribution in [2.75, 3.05) is 7.05 Å². The maximum absolute atomic E-state index is 12.7. The molecule has 3 rings (SSSR count). The number of aromatic nitrogens is 4. The van der Waals surface area contributed by atoms with Crippen LogP contribution in [-0.2, 0) is 20.3 Å². The van der Waals surface area contributed by atoms with Crippen LogP contribution in [-0.4, -0.2) is 37.4 Å². The Labute approximate surface area is 169 Å². The average molecular weight is 402 g/mol. The zero-order chi connectivity index (χ0) is 20.4. The summed E-state index contributed by atoms with van der Waals surface area (Å²) in [6, 6.07) is 7.26. The molecule has 0 bridgehead atoms. The molecule has 1 amide bonds. The number of ether oxygens (including phenoxy) is 1. The summed E-state index contributed by atoms with van der Waals surface area (Å²) in [7, 11) is 3.66. The summed E-state index contributed by atoms with van der Waals surface area (Å²) >= 11 is 6.14. The second-order valence-electron chi connectivity index (χ2n) is 6.88. The highest BCUT2D eigenvalue weighted by molar-refractivity contribution is 6.32. The summed E-state index contributed by atoms with van der Waals surface area (Å²) in [5, 5.41) is 9.26. The maximum atomic E-state index is 12.7. The van der Waals surface area contributed by atoms with Crippen molar-refractivity contribution in [3.63, 3.8) is 0 Å². The lowest BCUT2D eigenvalue weighted by atomic mass is 10.2. The molecule has 0 aliphatic rings. The van der Waals surface area contributed by atoms with Crippen LogP contribution in [0.25, 0.3) is 0 Å². The Kier molecular flexibility index (Phi) is 5.74. The van der Waals surface area contributed by atoms with E-state index in [4.69, 9.17) is 16.3 Å². The smallest absolute Gasteiger partial charge is 0.274 e. The zero-order valence-corrected chi connectivity index (χ0v) is 17.5. The van der Waals surface area contributed by atoms with Crippen molar-refractivity contribution in [1.82, 2.24) is 24.5 Å². The van der Waals surface area contributed by atoms with Crippen LogP contribution in [0.5, 0.6) is 5.75 Å². The molecule has 0 radical (unpaired) electrons. The Bertz CT molecular complexity index is 1010. The van der Waals surface area contributed by atoms with E-state index < -0.39 is 0 Å². The molecule has 8 heteroatoms. The van der Waals surface area contributed by atoms with Crippen molar-refractivity contribution in [1.29, 1.82) is 0 Å². The van der Waals surface area contributed by atoms with Crippen LogP contribution >= 0.6 is 11.6 Å². The summed E-state index contributed by atoms with van der Waals surface area (Å²) in [4.78, 5) is 14.4. The lowest BCUT2D eigenvalue weighted by Crippen LogP contribution is -2.27. The molecule has 0 fully saturated rings. The number of hydrogen-bond acceptors (Lipinski definition) is 4. The Morgan fingerprint density at radius 1 is 1.21 bits per heavy atom. The Morgan fingerprint density at radius 3 is 2.64 bits per heavy atom. The second kappa shape index (κ2) is 8.06. The minimum Gasteiger partial charge on any atom is -0.470 e. The van der Waals surface area contributed by atoms with Gasteiger partial charge >= 0.3 is 0 Å². The van der Waals surface area contributed by atoms with Gasteiger partial charge in [0.05, 0.1) is 10.7 Å². The Hall–Kier alpha value is -2.80. The molecule has 28 heavy (non-hydrogen) atoms. The third-order valence-electron chi connectivity index (χ3n) is 4.70. The monoisotopic (exact) mass is 401 g/mol. The van der Waals surface area contributed by atoms with Crippen LogP contribution in [0, 0.1) is 20.8 Å². The summed E-state index contributed by atoms with van der Waals surface area (Å²) < 4.78 is 9.11. The standard InChI is InChI=1S/C20H24ClN5O2/c1-13-6-7-17(21)19(10-13)28-12-26-9-8-18(23-26)20(27)24(4)11-16-14(2)22-25(5)15(16)3/h6-10H,11-12H2,1-5H3. The Morgan fingerprint density at radius 2 is 1.96 bits per heavy atom. The van der Waals surface area contributed by atoms with Crippen molar-refractivity contribution in [2.45, 2.75) is 34.0 Å². The molecule has 7 nitrogen and oxygen atoms in total. The molecular formula is C20H24ClN5O2. The van der Waals surface area contributed by atoms with Crippen LogP contribution in [0.15, 0.2) is 30.5 Å². The SMILES string of the molecule is Cc1ccc(Cl)c(OCn2ccc(C(=O)N(C)Cc3c(C)nn(C)c3C)n2)c1. The summed E-state index contributed by atoms with van der Waals surface area (Å²) in [6.07, 6.45) is 1.71. The highest BCUT2D eigenvalue weighted by Crippen LogP contribution is 2.25. The first-order valence-corrected chi connectivity index (χ1v) is 9.31. The highest BCUT2D eigenvalue weighted by Gasteiger charge is 2.18. The van der Waals surface area contributed by atoms with Gasteiger partial charge in [-0.25, -0.2) is 4.68 Å². The van der Waals surface area contributed by atoms with Crippen LogP contribution in [0.4, 0.5) is 0 Å². The normalized spacial score (nSPS) is 10.9. The van der Waals surface area contributed by atoms with E-state index in [1.807, 2.05) is 44.6 Å². The quantitative estimate of drug-likeness (QED) is 0.634. The molecule has 0 N–H and O–H groups in total. The fourth-order valence-electron chi connectivity index (χ4n) is 2.96. The van der Waals surface area contributed by atoms with Gasteiger partial charge in [0.25, 0.3) is 5.91 Å². The molecule has 3 aromatic rings. The van der Waals surface area contributed by atoms with Crippen LogP contribution < -0.4 is 4.74 Å². The van der Waals surface area contributed by atoms with Gasteiger partial charge in [-0.1, -0.05) is 17.7 Å². The number of aryl methyl sites for hydroxylation is 3. The van der Waals surface area contributed by atoms with Crippen LogP contribution in [0.3, 0.4) is 0 Å². The third kappa shape index (κ3) is 4.20. The van der Waals surface area contributed by atoms with Crippen molar-refractivity contribution in [3.05, 3.63) is 63.7 Å². The first-order valence-electron chi connectivity index (χ1n) is 8.93. The van der Waals surface area contributed by atoms with E-state index in [0.717, 1.165) is 22.5 Å². The summed E-state index contributed by atoms with van der Waals surface area (Å²) in [6.45, 7) is 6.56. The largest absolute Gasteiger partial charge is 0.470 e. The van der Waals surface area contributed by atoms with E-state index in [1.54, 1.807) is 35.0 Å². The van der Waals surface area contributed by atoms with Gasteiger partial charge in [0.1, 0.15) is 5.75 Å². The van der Waals surface area contributed by atoms with Gasteiger partial charge in [-0.15, -0.1) is 0 Å². The molecule has 0 aliphatic carbocycles. The molecule has 0 spiro atoms. The minimum absolute atomic E-state index is 0.157. The average Bonchev–Trinajstić information content (AvgIpc) is 3.22. The molecule has 2 aromatic heterocycles. The molecule has 2 heterocycles. The first-order chi connectivity index (χ1) is 13.3. The highest BCUT2D eigenvalue weighted by atomic mass is 35.5. The van der Waals surface area contributed by atoms with Gasteiger partial charge < -0.3 is 9.64 Å². The molecule has 0 saturated heterocycles. The Balaban J connectivity index is 1.65. The van der Waals surface area contributed by atoms with E-state index in [2.05, 4.69) is 10.2 Å². The molecule has 0 unspecified atom stereocenters. The van der Waals surface area contributed by atoms with Crippen molar-refractivity contribution in [3.8, 4) is 5.75 Å². The molecule has 1 aromatic carbocycles. The number of hydrogen-bond donors (Lipinski definition) is 0. The van der Waals surface area contributed by atoms with Gasteiger partial charge in [-0.05, 0) is 44.5 Å². The number of rotatable bonds is 6. The molecular weight excluding hydrogens is 378 g/mol. The van der Waals surface area contributed by atoms with Gasteiger partial charge in [-0.2, -0.15) is 10.2 Å². The number of benzene rings is 1. The second-order valence-corrected chi connectivity index (χ2v) is 7.29. The van der Waals surface area contributed by atoms with Crippen molar-refractivity contribution < 1.29 is 9.53 Å². The number of carbonyl (C=O) groups excluding carboxylic acids is 1. The molecule has 0 aliphatic heterocycles. The number of halogens is 1. The number of carbonyl (C=O) groups is 1. The zero-order valence-electron chi connectivity index (χ0n) is 16.7. The first kappa shape index (κ1) is 19.9. The van der Waals surface area contributed by atoms with E-state index in [-0.39, 0.29) is 12.6 Å². The molecule has 0 atom stereocenters. The van der Waals surface area contributed by atoms with Crippen LogP contribution in [0.2, 0.25) is 5.02 Å². The fraction of sp³-hybridized carbons (Fsp3) is 0.350. The van der Waals surface area contributed by atoms with Gasteiger partial charge in [0.15, 0.2) is 12.4 Å². The topological polar surface area (TPSA) is 65.2 Å². The van der Waals surface area contributed by atoms with Crippen molar-refractivity contribution >= 4 is 17.5 Å². The van der Waals surface area contributed by atoms with Gasteiger partial charge in [-0.3, -0.25) is 9.48 Å². The maximum Gasteiger partial charge on any atom is 0.274 e. The molecule has 148 valence electrons. The van der Waals surface area contributed by atoms with E-state index in [0.29, 0.717) is 23.0 Å². The fourth-order valence-corrected chi connectivity index (χ4v) is 3.13. The predicted octanol–water partition coefficient (Wildman–Crippen LogP) is 3.50. The summed E-state index contributed by atoms with van der Waals surface area (Å²) in [5.74, 6) is 0.430. The lowest BCUT2D eigenvalue weighted by molar-refractivity contribution is 0.0776. The third-order valence-corrected chi connectivity index (χ3v) is 5.01. The summed E-state index contributed by atoms with van der Waals surface area (Å²) in [5.41, 5.74) is 4.44. The van der Waals surface area contributed by atoms with Gasteiger partial charge in [0, 0.05) is 38.1 Å². The van der Waals surface area contributed by atoms with Gasteiger partial charge in [0.2, 0.25) is 0 Å². The number of amides is 1. The van der Waals surface area contributed by atoms with E-state index in [1.165, 1.54) is 0 Å². The predicted molar refractivity (Wildman–Crippen MR) is 108 cm³/mol. The van der Waals surface area contributed by atoms with Crippen molar-refractivity contribution in [2.24, 2.45) is 7.05 Å².